The van der Waals surface area contributed by atoms with Crippen molar-refractivity contribution in [2.24, 2.45) is 0 Å². The average Bonchev–Trinajstić information content (AvgIpc) is 3.02. The second-order valence-corrected chi connectivity index (χ2v) is 6.34. The van der Waals surface area contributed by atoms with Crippen LogP contribution >= 0.6 is 11.6 Å². The van der Waals surface area contributed by atoms with Gasteiger partial charge in [-0.2, -0.15) is 0 Å². The van der Waals surface area contributed by atoms with Gasteiger partial charge in [0.2, 0.25) is 0 Å². The van der Waals surface area contributed by atoms with Crippen molar-refractivity contribution in [1.82, 2.24) is 4.98 Å². The standard InChI is InChI=1S/C20H22ClN/c21-19-12-10-16(11-13-19)6-3-1-2-4-7-17-8-5-9-18-14-15-22-20(17)18/h5,8-15,22H,1-4,6-7H2. The lowest BCUT2D eigenvalue weighted by atomic mass is 10.0. The minimum Gasteiger partial charge on any atom is -0.361 e. The molecule has 0 atom stereocenters. The van der Waals surface area contributed by atoms with Crippen LogP contribution in [0.25, 0.3) is 10.9 Å². The Kier molecular flexibility index (Phi) is 5.18. The molecular weight excluding hydrogens is 290 g/mol. The second kappa shape index (κ2) is 7.51. The SMILES string of the molecule is Clc1ccc(CCCCCCc2cccc3cc[nH]c23)cc1. The zero-order chi connectivity index (χ0) is 15.2. The van der Waals surface area contributed by atoms with Crippen LogP contribution in [0.1, 0.15) is 36.8 Å². The van der Waals surface area contributed by atoms with Crippen molar-refractivity contribution < 1.29 is 0 Å². The van der Waals surface area contributed by atoms with Gasteiger partial charge in [-0.15, -0.1) is 0 Å². The first-order valence-electron chi connectivity index (χ1n) is 8.12. The monoisotopic (exact) mass is 311 g/mol. The van der Waals surface area contributed by atoms with Crippen LogP contribution in [0.2, 0.25) is 5.02 Å². The molecule has 0 unspecified atom stereocenters. The molecule has 114 valence electrons. The molecule has 2 heteroatoms. The van der Waals surface area contributed by atoms with E-state index < -0.39 is 0 Å². The molecule has 1 N–H and O–H groups in total. The molecule has 0 aliphatic heterocycles. The van der Waals surface area contributed by atoms with E-state index in [2.05, 4.69) is 41.4 Å². The first-order chi connectivity index (χ1) is 10.8. The fourth-order valence-corrected chi connectivity index (χ4v) is 3.13. The summed E-state index contributed by atoms with van der Waals surface area (Å²) in [6.07, 6.45) is 9.46. The van der Waals surface area contributed by atoms with Gasteiger partial charge in [0.1, 0.15) is 0 Å². The largest absolute Gasteiger partial charge is 0.361 e. The van der Waals surface area contributed by atoms with Gasteiger partial charge in [-0.3, -0.25) is 0 Å². The van der Waals surface area contributed by atoms with Crippen molar-refractivity contribution in [3.8, 4) is 0 Å². The molecule has 3 rings (SSSR count). The molecule has 1 aromatic heterocycles. The number of hydrogen-bond donors (Lipinski definition) is 1. The minimum absolute atomic E-state index is 0.822. The predicted octanol–water partition coefficient (Wildman–Crippen LogP) is 6.17. The van der Waals surface area contributed by atoms with E-state index in [4.69, 9.17) is 11.6 Å². The van der Waals surface area contributed by atoms with Crippen molar-refractivity contribution in [1.29, 1.82) is 0 Å². The first kappa shape index (κ1) is 15.2. The van der Waals surface area contributed by atoms with Gasteiger partial charge < -0.3 is 4.98 Å². The molecule has 0 spiro atoms. The van der Waals surface area contributed by atoms with Crippen molar-refractivity contribution in [3.63, 3.8) is 0 Å². The zero-order valence-electron chi connectivity index (χ0n) is 12.8. The van der Waals surface area contributed by atoms with Gasteiger partial charge in [-0.1, -0.05) is 54.8 Å². The van der Waals surface area contributed by atoms with Crippen molar-refractivity contribution in [2.45, 2.75) is 38.5 Å². The number of benzene rings is 2. The maximum Gasteiger partial charge on any atom is 0.0486 e. The summed E-state index contributed by atoms with van der Waals surface area (Å²) >= 11 is 5.90. The van der Waals surface area contributed by atoms with E-state index in [1.807, 2.05) is 18.3 Å². The molecule has 0 fully saturated rings. The van der Waals surface area contributed by atoms with Crippen LogP contribution in [0, 0.1) is 0 Å². The van der Waals surface area contributed by atoms with Gasteiger partial charge in [0.25, 0.3) is 0 Å². The second-order valence-electron chi connectivity index (χ2n) is 5.90. The Morgan fingerprint density at radius 2 is 1.55 bits per heavy atom. The normalized spacial score (nSPS) is 11.1. The number of para-hydroxylation sites is 1. The van der Waals surface area contributed by atoms with E-state index in [1.54, 1.807) is 0 Å². The number of hydrogen-bond acceptors (Lipinski definition) is 0. The van der Waals surface area contributed by atoms with Crippen LogP contribution in [0.4, 0.5) is 0 Å². The van der Waals surface area contributed by atoms with Gasteiger partial charge in [0.15, 0.2) is 0 Å². The molecule has 0 amide bonds. The van der Waals surface area contributed by atoms with Crippen LogP contribution in [-0.2, 0) is 12.8 Å². The quantitative estimate of drug-likeness (QED) is 0.502. The molecule has 0 radical (unpaired) electrons. The Morgan fingerprint density at radius 3 is 2.36 bits per heavy atom. The van der Waals surface area contributed by atoms with E-state index in [0.29, 0.717) is 0 Å². The Hall–Kier alpha value is -1.73. The zero-order valence-corrected chi connectivity index (χ0v) is 13.6. The van der Waals surface area contributed by atoms with Gasteiger partial charge >= 0.3 is 0 Å². The predicted molar refractivity (Wildman–Crippen MR) is 95.6 cm³/mol. The van der Waals surface area contributed by atoms with Gasteiger partial charge in [-0.05, 0) is 60.4 Å². The Balaban J connectivity index is 1.39. The van der Waals surface area contributed by atoms with E-state index in [9.17, 15) is 0 Å². The van der Waals surface area contributed by atoms with E-state index in [-0.39, 0.29) is 0 Å². The maximum atomic E-state index is 5.90. The highest BCUT2D eigenvalue weighted by Crippen LogP contribution is 2.19. The highest BCUT2D eigenvalue weighted by atomic mass is 35.5. The third-order valence-electron chi connectivity index (χ3n) is 4.25. The molecule has 0 saturated heterocycles. The number of aryl methyl sites for hydroxylation is 2. The highest BCUT2D eigenvalue weighted by molar-refractivity contribution is 6.30. The Labute approximate surface area is 137 Å². The molecule has 1 heterocycles. The summed E-state index contributed by atoms with van der Waals surface area (Å²) < 4.78 is 0. The third-order valence-corrected chi connectivity index (χ3v) is 4.50. The summed E-state index contributed by atoms with van der Waals surface area (Å²) in [5.41, 5.74) is 4.14. The van der Waals surface area contributed by atoms with Crippen molar-refractivity contribution in [2.75, 3.05) is 0 Å². The number of halogens is 1. The third kappa shape index (κ3) is 3.92. The van der Waals surface area contributed by atoms with Crippen LogP contribution < -0.4 is 0 Å². The summed E-state index contributed by atoms with van der Waals surface area (Å²) in [6, 6.07) is 16.9. The summed E-state index contributed by atoms with van der Waals surface area (Å²) in [7, 11) is 0. The van der Waals surface area contributed by atoms with E-state index in [0.717, 1.165) is 11.4 Å². The summed E-state index contributed by atoms with van der Waals surface area (Å²) in [5, 5.41) is 2.14. The molecule has 2 aromatic carbocycles. The number of H-pyrrole nitrogens is 1. The van der Waals surface area contributed by atoms with Gasteiger partial charge in [0.05, 0.1) is 0 Å². The van der Waals surface area contributed by atoms with Crippen LogP contribution in [0.5, 0.6) is 0 Å². The highest BCUT2D eigenvalue weighted by Gasteiger charge is 2.01. The average molecular weight is 312 g/mol. The maximum absolute atomic E-state index is 5.90. The summed E-state index contributed by atoms with van der Waals surface area (Å²) in [4.78, 5) is 3.36. The van der Waals surface area contributed by atoms with Crippen LogP contribution in [-0.4, -0.2) is 4.98 Å². The van der Waals surface area contributed by atoms with Crippen LogP contribution in [0.15, 0.2) is 54.7 Å². The fraction of sp³-hybridized carbons (Fsp3) is 0.300. The Morgan fingerprint density at radius 1 is 0.773 bits per heavy atom. The molecule has 1 nitrogen and oxygen atoms in total. The molecule has 0 aliphatic carbocycles. The summed E-state index contributed by atoms with van der Waals surface area (Å²) in [6.45, 7) is 0. The lowest BCUT2D eigenvalue weighted by Crippen LogP contribution is -1.89. The van der Waals surface area contributed by atoms with Gasteiger partial charge in [0, 0.05) is 16.7 Å². The molecule has 3 aromatic rings. The van der Waals surface area contributed by atoms with Crippen molar-refractivity contribution >= 4 is 22.5 Å². The number of fused-ring (bicyclic) bond motifs is 1. The van der Waals surface area contributed by atoms with E-state index in [1.165, 1.54) is 54.1 Å². The Bertz CT molecular complexity index is 712. The van der Waals surface area contributed by atoms with Crippen LogP contribution in [0.3, 0.4) is 0 Å². The number of aromatic nitrogens is 1. The number of aromatic amines is 1. The summed E-state index contributed by atoms with van der Waals surface area (Å²) in [5.74, 6) is 0. The molecule has 0 aliphatic rings. The topological polar surface area (TPSA) is 15.8 Å². The molecular formula is C20H22ClN. The molecule has 0 saturated carbocycles. The van der Waals surface area contributed by atoms with E-state index >= 15 is 0 Å². The smallest absolute Gasteiger partial charge is 0.0486 e. The number of rotatable bonds is 7. The first-order valence-corrected chi connectivity index (χ1v) is 8.50. The molecule has 22 heavy (non-hydrogen) atoms. The fourth-order valence-electron chi connectivity index (χ4n) is 3.01. The van der Waals surface area contributed by atoms with Gasteiger partial charge in [-0.25, -0.2) is 0 Å². The molecule has 0 bridgehead atoms. The lowest BCUT2D eigenvalue weighted by molar-refractivity contribution is 0.641. The minimum atomic E-state index is 0.822. The number of unbranched alkanes of at least 4 members (excludes halogenated alkanes) is 3. The van der Waals surface area contributed by atoms with Crippen molar-refractivity contribution in [3.05, 3.63) is 70.9 Å². The number of nitrogens with one attached hydrogen (secondary N) is 1. The lowest BCUT2D eigenvalue weighted by Gasteiger charge is -2.05.